The van der Waals surface area contributed by atoms with Gasteiger partial charge in [0, 0.05) is 35.8 Å². The van der Waals surface area contributed by atoms with Crippen LogP contribution in [0.15, 0.2) is 36.7 Å². The molecular weight excluding hydrogens is 417 g/mol. The number of rotatable bonds is 7. The molecule has 1 atom stereocenters. The van der Waals surface area contributed by atoms with Crippen LogP contribution in [0.5, 0.6) is 11.5 Å². The predicted molar refractivity (Wildman–Crippen MR) is 117 cm³/mol. The topological polar surface area (TPSA) is 104 Å². The third-order valence-corrected chi connectivity index (χ3v) is 4.28. The molecule has 0 saturated carbocycles. The van der Waals surface area contributed by atoms with Crippen molar-refractivity contribution in [1.29, 1.82) is 0 Å². The first kappa shape index (κ1) is 24.5. The van der Waals surface area contributed by atoms with E-state index in [1.54, 1.807) is 37.4 Å². The highest BCUT2D eigenvalue weighted by Gasteiger charge is 2.13. The van der Waals surface area contributed by atoms with Gasteiger partial charge in [-0.05, 0) is 25.1 Å². The van der Waals surface area contributed by atoms with Crippen LogP contribution in [0.2, 0.25) is 0 Å². The number of nitrogens with zero attached hydrogens (tertiary/aromatic N) is 3. The fourth-order valence-electron chi connectivity index (χ4n) is 2.72. The first-order valence-electron chi connectivity index (χ1n) is 8.59. The Balaban J connectivity index is 0.00000210. The molecule has 0 aliphatic rings. The highest BCUT2D eigenvalue weighted by atomic mass is 35.5. The number of nitrogens with one attached hydrogen (secondary N) is 1. The third-order valence-electron chi connectivity index (χ3n) is 4.28. The number of ether oxygens (including phenoxy) is 2. The second kappa shape index (κ2) is 10.8. The zero-order valence-corrected chi connectivity index (χ0v) is 18.0. The number of pyridine rings is 1. The number of hydrogen-bond acceptors (Lipinski definition) is 6. The fourth-order valence-corrected chi connectivity index (χ4v) is 2.72. The molecule has 0 aliphatic carbocycles. The first-order chi connectivity index (χ1) is 13.0. The van der Waals surface area contributed by atoms with E-state index in [9.17, 15) is 4.79 Å². The maximum absolute atomic E-state index is 12.2. The monoisotopic (exact) mass is 441 g/mol. The lowest BCUT2D eigenvalue weighted by Crippen LogP contribution is -2.37. The Morgan fingerprint density at radius 2 is 1.97 bits per heavy atom. The molecule has 158 valence electrons. The van der Waals surface area contributed by atoms with Gasteiger partial charge in [-0.15, -0.1) is 24.8 Å². The standard InChI is InChI=1S/C19H23N5O3.2ClH/c1-12(8-20)23-19(25)15-6-14-10-22-24(18(14)21-9-15)11-13-4-5-16(26-2)7-17(13)27-3;;/h4-7,9-10,12H,8,11,20H2,1-3H3,(H,23,25);2*1H/t12-;;/m0../s1. The Labute approximate surface area is 181 Å². The summed E-state index contributed by atoms with van der Waals surface area (Å²) in [5.41, 5.74) is 7.66. The molecule has 29 heavy (non-hydrogen) atoms. The lowest BCUT2D eigenvalue weighted by atomic mass is 10.2. The second-order valence-electron chi connectivity index (χ2n) is 6.23. The zero-order chi connectivity index (χ0) is 19.4. The van der Waals surface area contributed by atoms with Crippen LogP contribution in [-0.2, 0) is 6.54 Å². The second-order valence-corrected chi connectivity index (χ2v) is 6.23. The average molecular weight is 442 g/mol. The summed E-state index contributed by atoms with van der Waals surface area (Å²) in [5.74, 6) is 1.23. The number of methoxy groups -OCH3 is 2. The molecule has 0 unspecified atom stereocenters. The van der Waals surface area contributed by atoms with Crippen molar-refractivity contribution in [2.75, 3.05) is 20.8 Å². The molecule has 0 fully saturated rings. The molecular formula is C19H25Cl2N5O3. The minimum absolute atomic E-state index is 0. The maximum Gasteiger partial charge on any atom is 0.253 e. The van der Waals surface area contributed by atoms with E-state index in [2.05, 4.69) is 15.4 Å². The number of amides is 1. The van der Waals surface area contributed by atoms with Crippen molar-refractivity contribution in [1.82, 2.24) is 20.1 Å². The van der Waals surface area contributed by atoms with Crippen LogP contribution in [0, 0.1) is 0 Å². The molecule has 1 amide bonds. The molecule has 1 aromatic carbocycles. The Morgan fingerprint density at radius 1 is 1.21 bits per heavy atom. The lowest BCUT2D eigenvalue weighted by Gasteiger charge is -2.12. The van der Waals surface area contributed by atoms with Gasteiger partial charge in [0.25, 0.3) is 5.91 Å². The largest absolute Gasteiger partial charge is 0.497 e. The van der Waals surface area contributed by atoms with Gasteiger partial charge in [-0.25, -0.2) is 9.67 Å². The Hall–Kier alpha value is -2.55. The number of aromatic nitrogens is 3. The summed E-state index contributed by atoms with van der Waals surface area (Å²) in [6.45, 7) is 2.71. The number of hydrogen-bond donors (Lipinski definition) is 2. The van der Waals surface area contributed by atoms with Crippen molar-refractivity contribution in [2.24, 2.45) is 5.73 Å². The van der Waals surface area contributed by atoms with Crippen LogP contribution in [0.4, 0.5) is 0 Å². The van der Waals surface area contributed by atoms with Gasteiger partial charge in [-0.1, -0.05) is 0 Å². The number of nitrogens with two attached hydrogens (primary N) is 1. The Morgan fingerprint density at radius 3 is 2.62 bits per heavy atom. The van der Waals surface area contributed by atoms with E-state index in [1.807, 2.05) is 25.1 Å². The van der Waals surface area contributed by atoms with Crippen LogP contribution in [0.25, 0.3) is 11.0 Å². The first-order valence-corrected chi connectivity index (χ1v) is 8.59. The van der Waals surface area contributed by atoms with Gasteiger partial charge in [0.1, 0.15) is 11.5 Å². The summed E-state index contributed by atoms with van der Waals surface area (Å²) >= 11 is 0. The molecule has 0 spiro atoms. The number of fused-ring (bicyclic) bond motifs is 1. The zero-order valence-electron chi connectivity index (χ0n) is 16.4. The number of benzene rings is 1. The lowest BCUT2D eigenvalue weighted by molar-refractivity contribution is 0.0941. The molecule has 2 heterocycles. The summed E-state index contributed by atoms with van der Waals surface area (Å²) < 4.78 is 12.4. The number of carbonyl (C=O) groups is 1. The summed E-state index contributed by atoms with van der Waals surface area (Å²) in [4.78, 5) is 16.7. The highest BCUT2D eigenvalue weighted by molar-refractivity contribution is 5.97. The van der Waals surface area contributed by atoms with Crippen LogP contribution < -0.4 is 20.5 Å². The quantitative estimate of drug-likeness (QED) is 0.583. The predicted octanol–water partition coefficient (Wildman–Crippen LogP) is 2.42. The number of halogens is 2. The van der Waals surface area contributed by atoms with E-state index in [1.165, 1.54) is 0 Å². The molecule has 0 radical (unpaired) electrons. The SMILES string of the molecule is COc1ccc(Cn2ncc3cc(C(=O)N[C@@H](C)CN)cnc32)c(OC)c1.Cl.Cl. The van der Waals surface area contributed by atoms with Gasteiger partial charge in [0.05, 0.1) is 32.5 Å². The maximum atomic E-state index is 12.2. The average Bonchev–Trinajstić information content (AvgIpc) is 3.10. The van der Waals surface area contributed by atoms with Gasteiger partial charge >= 0.3 is 0 Å². The summed E-state index contributed by atoms with van der Waals surface area (Å²) in [6, 6.07) is 7.31. The van der Waals surface area contributed by atoms with Crippen LogP contribution >= 0.6 is 24.8 Å². The van der Waals surface area contributed by atoms with E-state index in [0.29, 0.717) is 30.0 Å². The normalized spacial score (nSPS) is 11.2. The van der Waals surface area contributed by atoms with E-state index >= 15 is 0 Å². The molecule has 10 heteroatoms. The van der Waals surface area contributed by atoms with Gasteiger partial charge in [0.15, 0.2) is 5.65 Å². The minimum atomic E-state index is -0.202. The van der Waals surface area contributed by atoms with E-state index in [4.69, 9.17) is 15.2 Å². The van der Waals surface area contributed by atoms with Crippen molar-refractivity contribution >= 4 is 41.8 Å². The molecule has 3 aromatic rings. The molecule has 0 aliphatic heterocycles. The van der Waals surface area contributed by atoms with Crippen molar-refractivity contribution in [2.45, 2.75) is 19.5 Å². The van der Waals surface area contributed by atoms with Crippen molar-refractivity contribution in [3.8, 4) is 11.5 Å². The molecule has 8 nitrogen and oxygen atoms in total. The highest BCUT2D eigenvalue weighted by Crippen LogP contribution is 2.26. The van der Waals surface area contributed by atoms with Crippen molar-refractivity contribution in [3.05, 3.63) is 47.8 Å². The van der Waals surface area contributed by atoms with Gasteiger partial charge in [0.2, 0.25) is 0 Å². The Kier molecular flexibility index (Phi) is 9.16. The molecule has 0 bridgehead atoms. The minimum Gasteiger partial charge on any atom is -0.497 e. The summed E-state index contributed by atoms with van der Waals surface area (Å²) in [7, 11) is 3.23. The molecule has 3 N–H and O–H groups in total. The molecule has 2 aromatic heterocycles. The third kappa shape index (κ3) is 5.50. The van der Waals surface area contributed by atoms with Gasteiger partial charge in [-0.2, -0.15) is 5.10 Å². The summed E-state index contributed by atoms with van der Waals surface area (Å²) in [5, 5.41) is 8.01. The Bertz CT molecular complexity index is 964. The van der Waals surface area contributed by atoms with E-state index < -0.39 is 0 Å². The van der Waals surface area contributed by atoms with Crippen LogP contribution in [0.3, 0.4) is 0 Å². The van der Waals surface area contributed by atoms with Gasteiger partial charge in [-0.3, -0.25) is 4.79 Å². The van der Waals surface area contributed by atoms with Crippen molar-refractivity contribution in [3.63, 3.8) is 0 Å². The van der Waals surface area contributed by atoms with Crippen LogP contribution in [0.1, 0.15) is 22.8 Å². The fraction of sp³-hybridized carbons (Fsp3) is 0.316. The number of carbonyl (C=O) groups excluding carboxylic acids is 1. The van der Waals surface area contributed by atoms with E-state index in [-0.39, 0.29) is 36.8 Å². The summed E-state index contributed by atoms with van der Waals surface area (Å²) in [6.07, 6.45) is 3.24. The van der Waals surface area contributed by atoms with Crippen molar-refractivity contribution < 1.29 is 14.3 Å². The van der Waals surface area contributed by atoms with Gasteiger partial charge < -0.3 is 20.5 Å². The smallest absolute Gasteiger partial charge is 0.253 e. The molecule has 3 rings (SSSR count). The van der Waals surface area contributed by atoms with Crippen LogP contribution in [-0.4, -0.2) is 47.5 Å². The molecule has 0 saturated heterocycles. The van der Waals surface area contributed by atoms with E-state index in [0.717, 1.165) is 16.7 Å².